The van der Waals surface area contributed by atoms with Crippen LogP contribution in [0.25, 0.3) is 10.1 Å². The Labute approximate surface area is 113 Å². The Kier molecular flexibility index (Phi) is 2.72. The molecule has 6 heteroatoms. The summed E-state index contributed by atoms with van der Waals surface area (Å²) in [7, 11) is 1.73. The average molecular weight is 272 g/mol. The molecule has 3 N–H and O–H groups in total. The van der Waals surface area contributed by atoms with E-state index in [9.17, 15) is 4.79 Å². The fraction of sp³-hybridized carbons (Fsp3) is 0.0769. The minimum absolute atomic E-state index is 0.173. The second-order valence-electron chi connectivity index (χ2n) is 4.17. The number of amides is 1. The molecule has 0 saturated heterocycles. The van der Waals surface area contributed by atoms with Crippen LogP contribution in [0.3, 0.4) is 0 Å². The van der Waals surface area contributed by atoms with Crippen molar-refractivity contribution in [2.45, 2.75) is 0 Å². The number of hydrogen-bond acceptors (Lipinski definition) is 4. The quantitative estimate of drug-likeness (QED) is 0.752. The Hall–Kier alpha value is -2.34. The molecule has 2 heterocycles. The van der Waals surface area contributed by atoms with E-state index in [0.717, 1.165) is 10.1 Å². The van der Waals surface area contributed by atoms with E-state index in [1.54, 1.807) is 23.1 Å². The summed E-state index contributed by atoms with van der Waals surface area (Å²) in [5.41, 5.74) is 6.87. The number of carbonyl (C=O) groups excluding carboxylic acids is 1. The highest BCUT2D eigenvalue weighted by atomic mass is 32.1. The third kappa shape index (κ3) is 1.96. The predicted molar refractivity (Wildman–Crippen MR) is 77.4 cm³/mol. The van der Waals surface area contributed by atoms with Crippen LogP contribution in [0.15, 0.2) is 35.8 Å². The van der Waals surface area contributed by atoms with Crippen LogP contribution in [0.1, 0.15) is 10.4 Å². The van der Waals surface area contributed by atoms with E-state index < -0.39 is 0 Å². The molecule has 3 rings (SSSR count). The minimum atomic E-state index is -0.173. The first-order chi connectivity index (χ1) is 9.16. The number of fused-ring (bicyclic) bond motifs is 1. The normalized spacial score (nSPS) is 10.8. The SMILES string of the molecule is Cn1ncc(N)c1NC(=O)c1csc2ccccc12. The highest BCUT2D eigenvalue weighted by Crippen LogP contribution is 2.27. The zero-order chi connectivity index (χ0) is 13.4. The van der Waals surface area contributed by atoms with Crippen LogP contribution in [-0.2, 0) is 7.05 Å². The van der Waals surface area contributed by atoms with Crippen LogP contribution in [0, 0.1) is 0 Å². The van der Waals surface area contributed by atoms with Gasteiger partial charge in [0.15, 0.2) is 5.82 Å². The van der Waals surface area contributed by atoms with Gasteiger partial charge in [-0.2, -0.15) is 5.10 Å². The molecule has 0 unspecified atom stereocenters. The molecule has 0 spiro atoms. The van der Waals surface area contributed by atoms with Crippen molar-refractivity contribution in [2.75, 3.05) is 11.1 Å². The van der Waals surface area contributed by atoms with E-state index in [-0.39, 0.29) is 5.91 Å². The number of nitrogens with one attached hydrogen (secondary N) is 1. The molecular weight excluding hydrogens is 260 g/mol. The first kappa shape index (κ1) is 11.7. The lowest BCUT2D eigenvalue weighted by Gasteiger charge is -2.05. The standard InChI is InChI=1S/C13H12N4OS/c1-17-12(10(14)6-15-17)16-13(18)9-7-19-11-5-3-2-4-8(9)11/h2-7H,14H2,1H3,(H,16,18). The van der Waals surface area contributed by atoms with Gasteiger partial charge in [-0.3, -0.25) is 9.48 Å². The Bertz CT molecular complexity index is 739. The third-order valence-corrected chi connectivity index (χ3v) is 3.89. The van der Waals surface area contributed by atoms with Gasteiger partial charge in [-0.25, -0.2) is 0 Å². The molecule has 0 bridgehead atoms. The monoisotopic (exact) mass is 272 g/mol. The van der Waals surface area contributed by atoms with E-state index in [0.29, 0.717) is 17.1 Å². The summed E-state index contributed by atoms with van der Waals surface area (Å²) in [6.45, 7) is 0. The van der Waals surface area contributed by atoms with Gasteiger partial charge >= 0.3 is 0 Å². The van der Waals surface area contributed by atoms with Gasteiger partial charge in [0.25, 0.3) is 5.91 Å². The first-order valence-corrected chi connectivity index (χ1v) is 6.60. The Morgan fingerprint density at radius 2 is 2.21 bits per heavy atom. The van der Waals surface area contributed by atoms with E-state index in [4.69, 9.17) is 5.73 Å². The zero-order valence-electron chi connectivity index (χ0n) is 10.3. The molecule has 19 heavy (non-hydrogen) atoms. The number of nitrogen functional groups attached to an aromatic ring is 1. The Balaban J connectivity index is 1.97. The summed E-state index contributed by atoms with van der Waals surface area (Å²) < 4.78 is 2.63. The maximum absolute atomic E-state index is 12.3. The molecule has 0 radical (unpaired) electrons. The molecule has 1 amide bonds. The van der Waals surface area contributed by atoms with Gasteiger partial charge < -0.3 is 11.1 Å². The summed E-state index contributed by atoms with van der Waals surface area (Å²) in [6, 6.07) is 7.81. The van der Waals surface area contributed by atoms with Gasteiger partial charge in [-0.1, -0.05) is 18.2 Å². The van der Waals surface area contributed by atoms with Crippen LogP contribution in [0.5, 0.6) is 0 Å². The molecule has 3 aromatic rings. The highest BCUT2D eigenvalue weighted by molar-refractivity contribution is 7.17. The number of rotatable bonds is 2. The molecule has 0 atom stereocenters. The third-order valence-electron chi connectivity index (χ3n) is 2.92. The van der Waals surface area contributed by atoms with Crippen LogP contribution in [0.4, 0.5) is 11.5 Å². The smallest absolute Gasteiger partial charge is 0.258 e. The summed E-state index contributed by atoms with van der Waals surface area (Å²) in [4.78, 5) is 12.3. The van der Waals surface area contributed by atoms with Crippen LogP contribution >= 0.6 is 11.3 Å². The van der Waals surface area contributed by atoms with Crippen molar-refractivity contribution in [3.8, 4) is 0 Å². The fourth-order valence-corrected chi connectivity index (χ4v) is 2.88. The van der Waals surface area contributed by atoms with Gasteiger partial charge in [0, 0.05) is 22.5 Å². The summed E-state index contributed by atoms with van der Waals surface area (Å²) in [5, 5.41) is 9.59. The van der Waals surface area contributed by atoms with E-state index >= 15 is 0 Å². The number of aryl methyl sites for hydroxylation is 1. The number of hydrogen-bond donors (Lipinski definition) is 2. The summed E-state index contributed by atoms with van der Waals surface area (Å²) in [6.07, 6.45) is 1.52. The van der Waals surface area contributed by atoms with E-state index in [1.165, 1.54) is 6.20 Å². The lowest BCUT2D eigenvalue weighted by molar-refractivity contribution is 0.102. The van der Waals surface area contributed by atoms with Crippen molar-refractivity contribution >= 4 is 38.8 Å². The van der Waals surface area contributed by atoms with E-state index in [2.05, 4.69) is 10.4 Å². The largest absolute Gasteiger partial charge is 0.394 e. The van der Waals surface area contributed by atoms with Crippen molar-refractivity contribution in [3.63, 3.8) is 0 Å². The number of nitrogens with two attached hydrogens (primary N) is 1. The lowest BCUT2D eigenvalue weighted by atomic mass is 10.1. The highest BCUT2D eigenvalue weighted by Gasteiger charge is 2.15. The molecule has 0 aliphatic heterocycles. The second-order valence-corrected chi connectivity index (χ2v) is 5.08. The maximum atomic E-state index is 12.3. The predicted octanol–water partition coefficient (Wildman–Crippen LogP) is 2.47. The molecule has 0 aliphatic carbocycles. The molecule has 2 aromatic heterocycles. The minimum Gasteiger partial charge on any atom is -0.394 e. The number of anilines is 2. The van der Waals surface area contributed by atoms with Crippen molar-refractivity contribution < 1.29 is 4.79 Å². The zero-order valence-corrected chi connectivity index (χ0v) is 11.1. The Morgan fingerprint density at radius 3 is 2.95 bits per heavy atom. The lowest BCUT2D eigenvalue weighted by Crippen LogP contribution is -2.15. The number of benzene rings is 1. The summed E-state index contributed by atoms with van der Waals surface area (Å²) in [5.74, 6) is 0.341. The molecule has 0 fully saturated rings. The maximum Gasteiger partial charge on any atom is 0.258 e. The van der Waals surface area contributed by atoms with Gasteiger partial charge in [-0.05, 0) is 6.07 Å². The van der Waals surface area contributed by atoms with Crippen LogP contribution < -0.4 is 11.1 Å². The van der Waals surface area contributed by atoms with Crippen molar-refractivity contribution in [2.24, 2.45) is 7.05 Å². The number of nitrogens with zero attached hydrogens (tertiary/aromatic N) is 2. The van der Waals surface area contributed by atoms with Crippen molar-refractivity contribution in [1.82, 2.24) is 9.78 Å². The van der Waals surface area contributed by atoms with Gasteiger partial charge in [0.2, 0.25) is 0 Å². The first-order valence-electron chi connectivity index (χ1n) is 5.72. The Morgan fingerprint density at radius 1 is 1.42 bits per heavy atom. The molecule has 5 nitrogen and oxygen atoms in total. The van der Waals surface area contributed by atoms with Gasteiger partial charge in [-0.15, -0.1) is 11.3 Å². The topological polar surface area (TPSA) is 72.9 Å². The molecule has 1 aromatic carbocycles. The second kappa shape index (κ2) is 4.40. The molecule has 96 valence electrons. The number of thiophene rings is 1. The molecule has 0 saturated carbocycles. The molecular formula is C13H12N4OS. The number of aromatic nitrogens is 2. The van der Waals surface area contributed by atoms with Crippen LogP contribution in [0.2, 0.25) is 0 Å². The van der Waals surface area contributed by atoms with Gasteiger partial charge in [0.1, 0.15) is 0 Å². The van der Waals surface area contributed by atoms with Crippen LogP contribution in [-0.4, -0.2) is 15.7 Å². The summed E-state index contributed by atoms with van der Waals surface area (Å²) >= 11 is 1.55. The average Bonchev–Trinajstić information content (AvgIpc) is 2.97. The van der Waals surface area contributed by atoms with Crippen molar-refractivity contribution in [1.29, 1.82) is 0 Å². The fourth-order valence-electron chi connectivity index (χ4n) is 1.94. The molecule has 0 aliphatic rings. The van der Waals surface area contributed by atoms with Gasteiger partial charge in [0.05, 0.1) is 17.4 Å². The van der Waals surface area contributed by atoms with E-state index in [1.807, 2.05) is 29.6 Å². The van der Waals surface area contributed by atoms with Crippen molar-refractivity contribution in [3.05, 3.63) is 41.4 Å². The number of carbonyl (C=O) groups is 1.